The zero-order valence-electron chi connectivity index (χ0n) is 40.8. The van der Waals surface area contributed by atoms with Gasteiger partial charge in [-0.2, -0.15) is 0 Å². The van der Waals surface area contributed by atoms with E-state index < -0.39 is 5.41 Å². The maximum atomic E-state index is 2.59. The molecule has 1 spiro atoms. The number of nitrogens with zero attached hydrogens (tertiary/aromatic N) is 1. The van der Waals surface area contributed by atoms with Gasteiger partial charge in [-0.05, 0) is 142 Å². The Labute approximate surface area is 439 Å². The summed E-state index contributed by atoms with van der Waals surface area (Å²) >= 11 is 1.90. The largest absolute Gasteiger partial charge is 0.310 e. The molecule has 0 N–H and O–H groups in total. The summed E-state index contributed by atoms with van der Waals surface area (Å²) in [6, 6.07) is 102. The molecule has 13 aromatic carbocycles. The highest BCUT2D eigenvalue weighted by atomic mass is 32.1. The van der Waals surface area contributed by atoms with Crippen LogP contribution in [0.1, 0.15) is 22.3 Å². The van der Waals surface area contributed by atoms with Gasteiger partial charge in [-0.25, -0.2) is 0 Å². The first-order chi connectivity index (χ1) is 37.2. The molecule has 0 amide bonds. The molecule has 1 aromatic heterocycles. The summed E-state index contributed by atoms with van der Waals surface area (Å²) in [5.41, 5.74) is 20.5. The van der Waals surface area contributed by atoms with Crippen molar-refractivity contribution < 1.29 is 0 Å². The highest BCUT2D eigenvalue weighted by Gasteiger charge is 2.52. The number of hydrogen-bond acceptors (Lipinski definition) is 2. The van der Waals surface area contributed by atoms with Crippen LogP contribution in [0.2, 0.25) is 0 Å². The Morgan fingerprint density at radius 2 is 0.707 bits per heavy atom. The lowest BCUT2D eigenvalue weighted by Gasteiger charge is -2.33. The summed E-state index contributed by atoms with van der Waals surface area (Å²) in [6.45, 7) is 0. The van der Waals surface area contributed by atoms with Gasteiger partial charge in [0.25, 0.3) is 0 Å². The molecule has 14 aromatic rings. The number of benzene rings is 13. The van der Waals surface area contributed by atoms with Crippen LogP contribution in [0, 0.1) is 0 Å². The molecule has 0 saturated heterocycles. The van der Waals surface area contributed by atoms with Gasteiger partial charge in [0.2, 0.25) is 0 Å². The molecule has 0 aliphatic heterocycles. The maximum absolute atomic E-state index is 2.59. The first kappa shape index (κ1) is 42.2. The SMILES string of the molecule is c1ccc(-c2ccccc2-c2ccc(N(c3ccc4c5ccccc5c5ccccc5c4c3)c3cc4c(cc3-c3cccc5c3sc3ccccc35)-c3ccccc3C43c4ccccc4-c4ccccc43)cc2)cc1. The normalized spacial score (nSPS) is 12.9. The first-order valence-corrected chi connectivity index (χ1v) is 26.8. The molecular weight excluding hydrogens is 923 g/mol. The van der Waals surface area contributed by atoms with Crippen molar-refractivity contribution in [1.29, 1.82) is 0 Å². The van der Waals surface area contributed by atoms with Crippen LogP contribution in [0.3, 0.4) is 0 Å². The van der Waals surface area contributed by atoms with Gasteiger partial charge < -0.3 is 4.90 Å². The van der Waals surface area contributed by atoms with Crippen molar-refractivity contribution in [1.82, 2.24) is 0 Å². The lowest BCUT2D eigenvalue weighted by Crippen LogP contribution is -2.26. The average Bonchev–Trinajstić information content (AvgIpc) is 4.30. The minimum Gasteiger partial charge on any atom is -0.310 e. The summed E-state index contributed by atoms with van der Waals surface area (Å²) in [6.07, 6.45) is 0. The monoisotopic (exact) mass is 967 g/mol. The third kappa shape index (κ3) is 6.06. The van der Waals surface area contributed by atoms with Crippen LogP contribution in [0.4, 0.5) is 17.1 Å². The summed E-state index contributed by atoms with van der Waals surface area (Å²) in [5.74, 6) is 0. The van der Waals surface area contributed by atoms with E-state index in [-0.39, 0.29) is 0 Å². The van der Waals surface area contributed by atoms with Gasteiger partial charge in [-0.3, -0.25) is 0 Å². The summed E-state index contributed by atoms with van der Waals surface area (Å²) < 4.78 is 2.59. The van der Waals surface area contributed by atoms with Gasteiger partial charge in [0, 0.05) is 42.7 Å². The second-order valence-electron chi connectivity index (χ2n) is 20.2. The molecule has 1 heterocycles. The van der Waals surface area contributed by atoms with Crippen molar-refractivity contribution in [3.8, 4) is 55.6 Å². The summed E-state index contributed by atoms with van der Waals surface area (Å²) in [7, 11) is 0. The van der Waals surface area contributed by atoms with Gasteiger partial charge >= 0.3 is 0 Å². The molecule has 1 nitrogen and oxygen atoms in total. The smallest absolute Gasteiger partial charge is 0.0726 e. The molecule has 16 rings (SSSR count). The Balaban J connectivity index is 1.03. The molecular formula is C73H45NS. The predicted molar refractivity (Wildman–Crippen MR) is 319 cm³/mol. The van der Waals surface area contributed by atoms with Gasteiger partial charge in [0.05, 0.1) is 11.1 Å². The molecule has 2 heteroatoms. The average molecular weight is 968 g/mol. The van der Waals surface area contributed by atoms with E-state index in [4.69, 9.17) is 0 Å². The highest BCUT2D eigenvalue weighted by Crippen LogP contribution is 2.64. The molecule has 2 aliphatic rings. The van der Waals surface area contributed by atoms with Crippen LogP contribution in [0.15, 0.2) is 273 Å². The highest BCUT2D eigenvalue weighted by molar-refractivity contribution is 7.26. The van der Waals surface area contributed by atoms with Gasteiger partial charge in [-0.1, -0.05) is 231 Å². The van der Waals surface area contributed by atoms with Crippen LogP contribution in [0.25, 0.3) is 108 Å². The van der Waals surface area contributed by atoms with Crippen LogP contribution in [-0.4, -0.2) is 0 Å². The zero-order valence-corrected chi connectivity index (χ0v) is 41.7. The first-order valence-electron chi connectivity index (χ1n) is 26.0. The van der Waals surface area contributed by atoms with E-state index >= 15 is 0 Å². The zero-order chi connectivity index (χ0) is 49.2. The molecule has 0 radical (unpaired) electrons. The van der Waals surface area contributed by atoms with Crippen molar-refractivity contribution in [3.05, 3.63) is 295 Å². The Morgan fingerprint density at radius 1 is 0.253 bits per heavy atom. The molecule has 0 saturated carbocycles. The van der Waals surface area contributed by atoms with Crippen molar-refractivity contribution in [2.24, 2.45) is 0 Å². The minimum absolute atomic E-state index is 0.537. The second-order valence-corrected chi connectivity index (χ2v) is 21.2. The standard InChI is InChI=1S/C73H45NS/c1-2-19-46(20-3-1)50-21-4-5-22-51(50)47-37-39-48(40-38-47)74(49-41-42-56-54-25-7-6-23-52(54)53-24-8-9-26-55(53)63(56)43-49)70-45-69-64(44-65(70)62-32-18-31-61-60-30-13-17-36-71(60)75-72(61)62)59-29-12-16-35-68(59)73(69)66-33-14-10-27-57(66)58-28-11-15-34-67(58)73/h1-45H. The molecule has 348 valence electrons. The topological polar surface area (TPSA) is 3.24 Å². The quantitative estimate of drug-likeness (QED) is 0.150. The van der Waals surface area contributed by atoms with Crippen LogP contribution in [-0.2, 0) is 5.41 Å². The van der Waals surface area contributed by atoms with Gasteiger partial charge in [-0.15, -0.1) is 11.3 Å². The van der Waals surface area contributed by atoms with Crippen molar-refractivity contribution in [2.45, 2.75) is 5.41 Å². The molecule has 2 aliphatic carbocycles. The number of hydrogen-bond donors (Lipinski definition) is 0. The molecule has 0 fully saturated rings. The lowest BCUT2D eigenvalue weighted by molar-refractivity contribution is 0.794. The number of thiophene rings is 1. The van der Waals surface area contributed by atoms with Crippen molar-refractivity contribution >= 4 is 80.9 Å². The Kier molecular flexibility index (Phi) is 9.19. The van der Waals surface area contributed by atoms with E-state index in [1.807, 2.05) is 11.3 Å². The van der Waals surface area contributed by atoms with Gasteiger partial charge in [0.1, 0.15) is 0 Å². The van der Waals surface area contributed by atoms with Crippen molar-refractivity contribution in [3.63, 3.8) is 0 Å². The molecule has 75 heavy (non-hydrogen) atoms. The van der Waals surface area contributed by atoms with Crippen LogP contribution in [0.5, 0.6) is 0 Å². The maximum Gasteiger partial charge on any atom is 0.0726 e. The molecule has 0 unspecified atom stereocenters. The second kappa shape index (κ2) is 16.3. The Bertz CT molecular complexity index is 4580. The number of anilines is 3. The number of fused-ring (bicyclic) bond motifs is 19. The van der Waals surface area contributed by atoms with E-state index in [9.17, 15) is 0 Å². The van der Waals surface area contributed by atoms with E-state index in [0.29, 0.717) is 0 Å². The van der Waals surface area contributed by atoms with E-state index in [1.54, 1.807) is 0 Å². The third-order valence-electron chi connectivity index (χ3n) is 16.5. The number of rotatable bonds is 6. The summed E-state index contributed by atoms with van der Waals surface area (Å²) in [4.78, 5) is 2.57. The predicted octanol–water partition coefficient (Wildman–Crippen LogP) is 20.3. The third-order valence-corrected chi connectivity index (χ3v) is 17.7. The van der Waals surface area contributed by atoms with E-state index in [0.717, 1.165) is 17.1 Å². The van der Waals surface area contributed by atoms with Crippen molar-refractivity contribution in [2.75, 3.05) is 4.90 Å². The lowest BCUT2D eigenvalue weighted by atomic mass is 9.70. The Hall–Kier alpha value is -9.34. The fraction of sp³-hybridized carbons (Fsp3) is 0.0137. The van der Waals surface area contributed by atoms with E-state index in [1.165, 1.54) is 130 Å². The van der Waals surface area contributed by atoms with Crippen LogP contribution < -0.4 is 4.90 Å². The fourth-order valence-corrected chi connectivity index (χ4v) is 14.6. The fourth-order valence-electron chi connectivity index (χ4n) is 13.3. The Morgan fingerprint density at radius 3 is 1.33 bits per heavy atom. The van der Waals surface area contributed by atoms with Gasteiger partial charge in [0.15, 0.2) is 0 Å². The van der Waals surface area contributed by atoms with Crippen LogP contribution >= 0.6 is 11.3 Å². The minimum atomic E-state index is -0.537. The van der Waals surface area contributed by atoms with E-state index in [2.05, 4.69) is 278 Å². The molecule has 0 atom stereocenters. The summed E-state index contributed by atoms with van der Waals surface area (Å²) in [5, 5.41) is 10.1. The molecule has 0 bridgehead atoms.